The van der Waals surface area contributed by atoms with E-state index in [0.29, 0.717) is 17.1 Å². The summed E-state index contributed by atoms with van der Waals surface area (Å²) < 4.78 is 10.6. The molecule has 142 valence electrons. The van der Waals surface area contributed by atoms with Gasteiger partial charge in [-0.15, -0.1) is 0 Å². The van der Waals surface area contributed by atoms with Crippen molar-refractivity contribution < 1.29 is 19.4 Å². The second-order valence-electron chi connectivity index (χ2n) is 6.50. The zero-order chi connectivity index (χ0) is 19.5. The molecule has 0 saturated carbocycles. The molecular weight excluding hydrogens is 356 g/mol. The summed E-state index contributed by atoms with van der Waals surface area (Å²) in [4.78, 5) is 16.4. The Kier molecular flexibility index (Phi) is 4.95. The molecule has 2 aromatic carbocycles. The number of pyridine rings is 1. The molecule has 4 rings (SSSR count). The predicted molar refractivity (Wildman–Crippen MR) is 105 cm³/mol. The number of fused-ring (bicyclic) bond motifs is 3. The summed E-state index contributed by atoms with van der Waals surface area (Å²) in [7, 11) is 1.47. The normalized spacial score (nSPS) is 12.2. The summed E-state index contributed by atoms with van der Waals surface area (Å²) in [6, 6.07) is 18.0. The van der Waals surface area contributed by atoms with Crippen LogP contribution in [0.2, 0.25) is 0 Å². The first-order valence-electron chi connectivity index (χ1n) is 8.97. The quantitative estimate of drug-likeness (QED) is 0.705. The molecule has 0 unspecified atom stereocenters. The molecule has 0 radical (unpaired) electrons. The SMILES string of the molecule is COc1ncc(NC(=O)OCC2c3ccccc3-c3ccccc32)cc1CO. The van der Waals surface area contributed by atoms with Crippen molar-refractivity contribution in [3.05, 3.63) is 77.5 Å². The van der Waals surface area contributed by atoms with E-state index in [1.54, 1.807) is 6.07 Å². The van der Waals surface area contributed by atoms with Crippen molar-refractivity contribution in [2.75, 3.05) is 19.0 Å². The topological polar surface area (TPSA) is 80.7 Å². The van der Waals surface area contributed by atoms with Crippen LogP contribution >= 0.6 is 0 Å². The Labute approximate surface area is 162 Å². The molecule has 0 atom stereocenters. The van der Waals surface area contributed by atoms with Crippen molar-refractivity contribution in [1.82, 2.24) is 4.98 Å². The molecule has 1 aliphatic carbocycles. The Morgan fingerprint density at radius 2 is 1.75 bits per heavy atom. The molecule has 6 heteroatoms. The third kappa shape index (κ3) is 3.30. The van der Waals surface area contributed by atoms with E-state index in [-0.39, 0.29) is 19.1 Å². The third-order valence-corrected chi connectivity index (χ3v) is 4.88. The van der Waals surface area contributed by atoms with E-state index in [2.05, 4.69) is 34.6 Å². The Balaban J connectivity index is 1.47. The average Bonchev–Trinajstić information content (AvgIpc) is 3.06. The van der Waals surface area contributed by atoms with Gasteiger partial charge in [0.25, 0.3) is 0 Å². The van der Waals surface area contributed by atoms with Crippen LogP contribution in [0.15, 0.2) is 60.8 Å². The molecule has 0 fully saturated rings. The molecule has 0 spiro atoms. The van der Waals surface area contributed by atoms with Crippen molar-refractivity contribution in [3.63, 3.8) is 0 Å². The number of nitrogens with zero attached hydrogens (tertiary/aromatic N) is 1. The highest BCUT2D eigenvalue weighted by atomic mass is 16.5. The first kappa shape index (κ1) is 18.0. The van der Waals surface area contributed by atoms with Gasteiger partial charge in [0.1, 0.15) is 6.61 Å². The minimum atomic E-state index is -0.572. The van der Waals surface area contributed by atoms with Crippen LogP contribution in [0.4, 0.5) is 10.5 Å². The molecule has 0 aliphatic heterocycles. The number of hydrogen-bond donors (Lipinski definition) is 2. The lowest BCUT2D eigenvalue weighted by atomic mass is 9.98. The number of carbonyl (C=O) groups is 1. The Bertz CT molecular complexity index is 973. The van der Waals surface area contributed by atoms with E-state index >= 15 is 0 Å². The van der Waals surface area contributed by atoms with Gasteiger partial charge < -0.3 is 14.6 Å². The first-order chi connectivity index (χ1) is 13.7. The molecule has 1 heterocycles. The van der Waals surface area contributed by atoms with Crippen LogP contribution in [-0.2, 0) is 11.3 Å². The highest BCUT2D eigenvalue weighted by Crippen LogP contribution is 2.44. The number of ether oxygens (including phenoxy) is 2. The number of amides is 1. The molecule has 0 bridgehead atoms. The predicted octanol–water partition coefficient (Wildman–Crippen LogP) is 3.94. The highest BCUT2D eigenvalue weighted by molar-refractivity contribution is 5.85. The molecule has 1 aromatic heterocycles. The van der Waals surface area contributed by atoms with E-state index in [0.717, 1.165) is 11.1 Å². The van der Waals surface area contributed by atoms with Gasteiger partial charge in [0, 0.05) is 11.5 Å². The fourth-order valence-electron chi connectivity index (χ4n) is 3.62. The minimum Gasteiger partial charge on any atom is -0.481 e. The fourth-order valence-corrected chi connectivity index (χ4v) is 3.62. The molecule has 0 saturated heterocycles. The first-order valence-corrected chi connectivity index (χ1v) is 8.97. The Hall–Kier alpha value is -3.38. The molecule has 1 aliphatic rings. The zero-order valence-electron chi connectivity index (χ0n) is 15.4. The number of carbonyl (C=O) groups excluding carboxylic acids is 1. The van der Waals surface area contributed by atoms with Gasteiger partial charge in [0.05, 0.1) is 25.6 Å². The third-order valence-electron chi connectivity index (χ3n) is 4.88. The Morgan fingerprint density at radius 1 is 1.11 bits per heavy atom. The van der Waals surface area contributed by atoms with Crippen LogP contribution < -0.4 is 10.1 Å². The smallest absolute Gasteiger partial charge is 0.411 e. The Morgan fingerprint density at radius 3 is 2.36 bits per heavy atom. The highest BCUT2D eigenvalue weighted by Gasteiger charge is 2.29. The molecule has 3 aromatic rings. The van der Waals surface area contributed by atoms with E-state index in [4.69, 9.17) is 9.47 Å². The van der Waals surface area contributed by atoms with Gasteiger partial charge in [0.15, 0.2) is 0 Å². The van der Waals surface area contributed by atoms with Gasteiger partial charge in [0.2, 0.25) is 5.88 Å². The number of nitrogens with one attached hydrogen (secondary N) is 1. The van der Waals surface area contributed by atoms with Crippen LogP contribution in [0, 0.1) is 0 Å². The van der Waals surface area contributed by atoms with Gasteiger partial charge in [-0.05, 0) is 28.3 Å². The van der Waals surface area contributed by atoms with E-state index in [1.165, 1.54) is 24.4 Å². The molecule has 6 nitrogen and oxygen atoms in total. The van der Waals surface area contributed by atoms with Crippen molar-refractivity contribution in [1.29, 1.82) is 0 Å². The molecular formula is C22H20N2O4. The van der Waals surface area contributed by atoms with Crippen molar-refractivity contribution in [3.8, 4) is 17.0 Å². The number of aromatic nitrogens is 1. The fraction of sp³-hybridized carbons (Fsp3) is 0.182. The number of hydrogen-bond acceptors (Lipinski definition) is 5. The molecule has 1 amide bonds. The van der Waals surface area contributed by atoms with Gasteiger partial charge in [-0.2, -0.15) is 0 Å². The van der Waals surface area contributed by atoms with Gasteiger partial charge in [-0.1, -0.05) is 48.5 Å². The van der Waals surface area contributed by atoms with Crippen LogP contribution in [0.5, 0.6) is 5.88 Å². The molecule has 2 N–H and O–H groups in total. The van der Waals surface area contributed by atoms with Crippen LogP contribution in [0.1, 0.15) is 22.6 Å². The van der Waals surface area contributed by atoms with Gasteiger partial charge in [-0.3, -0.25) is 5.32 Å². The summed E-state index contributed by atoms with van der Waals surface area (Å²) in [6.45, 7) is -0.00726. The van der Waals surface area contributed by atoms with E-state index < -0.39 is 6.09 Å². The summed E-state index contributed by atoms with van der Waals surface area (Å²) in [5, 5.41) is 12.0. The number of aliphatic hydroxyl groups is 1. The van der Waals surface area contributed by atoms with E-state index in [9.17, 15) is 9.90 Å². The van der Waals surface area contributed by atoms with Crippen molar-refractivity contribution >= 4 is 11.8 Å². The number of benzene rings is 2. The summed E-state index contributed by atoms with van der Waals surface area (Å²) in [5.41, 5.74) is 5.59. The number of rotatable bonds is 5. The van der Waals surface area contributed by atoms with Crippen molar-refractivity contribution in [2.45, 2.75) is 12.5 Å². The number of anilines is 1. The lowest BCUT2D eigenvalue weighted by Crippen LogP contribution is -2.18. The number of aliphatic hydroxyl groups excluding tert-OH is 1. The summed E-state index contributed by atoms with van der Waals surface area (Å²) in [6.07, 6.45) is 0.886. The second-order valence-corrected chi connectivity index (χ2v) is 6.50. The lowest BCUT2D eigenvalue weighted by molar-refractivity contribution is 0.158. The van der Waals surface area contributed by atoms with Crippen LogP contribution in [-0.4, -0.2) is 29.9 Å². The summed E-state index contributed by atoms with van der Waals surface area (Å²) >= 11 is 0. The number of methoxy groups -OCH3 is 1. The van der Waals surface area contributed by atoms with E-state index in [1.807, 2.05) is 24.3 Å². The second kappa shape index (κ2) is 7.70. The van der Waals surface area contributed by atoms with Gasteiger partial charge >= 0.3 is 6.09 Å². The van der Waals surface area contributed by atoms with Crippen LogP contribution in [0.25, 0.3) is 11.1 Å². The standard InChI is InChI=1S/C22H20N2O4/c1-27-21-14(12-25)10-15(11-23-21)24-22(26)28-13-20-18-8-4-2-6-16(18)17-7-3-5-9-19(17)20/h2-11,20,25H,12-13H2,1H3,(H,24,26). The largest absolute Gasteiger partial charge is 0.481 e. The summed E-state index contributed by atoms with van der Waals surface area (Å²) in [5.74, 6) is 0.320. The van der Waals surface area contributed by atoms with Gasteiger partial charge in [-0.25, -0.2) is 9.78 Å². The maximum atomic E-state index is 12.3. The van der Waals surface area contributed by atoms with Crippen LogP contribution in [0.3, 0.4) is 0 Å². The maximum absolute atomic E-state index is 12.3. The zero-order valence-corrected chi connectivity index (χ0v) is 15.4. The molecule has 28 heavy (non-hydrogen) atoms. The minimum absolute atomic E-state index is 0.000134. The monoisotopic (exact) mass is 376 g/mol. The lowest BCUT2D eigenvalue weighted by Gasteiger charge is -2.15. The van der Waals surface area contributed by atoms with Crippen molar-refractivity contribution in [2.24, 2.45) is 0 Å². The average molecular weight is 376 g/mol. The maximum Gasteiger partial charge on any atom is 0.411 e.